The molecule has 0 unspecified atom stereocenters. The first-order chi connectivity index (χ1) is 7.20. The Kier molecular flexibility index (Phi) is 9.26. The highest BCUT2D eigenvalue weighted by Gasteiger charge is 2.13. The van der Waals surface area contributed by atoms with Gasteiger partial charge in [0.25, 0.3) is 0 Å². The number of hydrogen-bond acceptors (Lipinski definition) is 5. The van der Waals surface area contributed by atoms with Crippen LogP contribution in [0.1, 0.15) is 25.7 Å². The van der Waals surface area contributed by atoms with Crippen molar-refractivity contribution < 1.29 is 24.5 Å². The summed E-state index contributed by atoms with van der Waals surface area (Å²) in [5.74, 6) is 0.481. The molecule has 1 aliphatic carbocycles. The predicted octanol–water partition coefficient (Wildman–Crippen LogP) is -0.314. The maximum absolute atomic E-state index is 10.5. The van der Waals surface area contributed by atoms with Crippen molar-refractivity contribution in [2.45, 2.75) is 25.7 Å². The largest absolute Gasteiger partial charge is 0.394 e. The van der Waals surface area contributed by atoms with E-state index in [0.717, 1.165) is 0 Å². The van der Waals surface area contributed by atoms with E-state index in [4.69, 9.17) is 10.2 Å². The molecule has 1 aliphatic rings. The third-order valence-electron chi connectivity index (χ3n) is 1.84. The van der Waals surface area contributed by atoms with Gasteiger partial charge in [-0.25, -0.2) is 0 Å². The van der Waals surface area contributed by atoms with Crippen LogP contribution < -0.4 is 0 Å². The lowest BCUT2D eigenvalue weighted by Crippen LogP contribution is -2.12. The zero-order chi connectivity index (χ0) is 11.5. The summed E-state index contributed by atoms with van der Waals surface area (Å²) in [6, 6.07) is 0. The lowest BCUT2D eigenvalue weighted by Gasteiger charge is -2.04. The van der Waals surface area contributed by atoms with Gasteiger partial charge in [0.1, 0.15) is 11.6 Å². The minimum absolute atomic E-state index is 0.0278. The molecule has 0 aromatic carbocycles. The molecule has 0 atom stereocenters. The summed E-state index contributed by atoms with van der Waals surface area (Å²) in [5.41, 5.74) is 0. The molecule has 1 saturated carbocycles. The summed E-state index contributed by atoms with van der Waals surface area (Å²) >= 11 is 0. The number of aliphatic hydroxyl groups is 2. The van der Waals surface area contributed by atoms with Gasteiger partial charge in [0.2, 0.25) is 0 Å². The van der Waals surface area contributed by atoms with Gasteiger partial charge < -0.3 is 14.9 Å². The molecular formula is C10H18O5. The third kappa shape index (κ3) is 9.52. The van der Waals surface area contributed by atoms with E-state index in [1.807, 2.05) is 0 Å². The maximum Gasteiger partial charge on any atom is 0.133 e. The first kappa shape index (κ1) is 14.2. The highest BCUT2D eigenvalue weighted by molar-refractivity contribution is 5.92. The van der Waals surface area contributed by atoms with E-state index in [9.17, 15) is 9.59 Å². The van der Waals surface area contributed by atoms with Crippen molar-refractivity contribution in [2.75, 3.05) is 26.4 Å². The standard InChI is InChI=1S/C6H8O2.C4H10O3/c7-5-1-2-6(8)4-3-5;5-1-3-7-4-2-6/h1-4H2;5-6H,1-4H2. The van der Waals surface area contributed by atoms with Crippen molar-refractivity contribution in [3.05, 3.63) is 0 Å². The Balaban J connectivity index is 0.000000265. The minimum atomic E-state index is 0.0278. The van der Waals surface area contributed by atoms with Crippen LogP contribution in [0.3, 0.4) is 0 Å². The van der Waals surface area contributed by atoms with Crippen LogP contribution in [0.25, 0.3) is 0 Å². The number of Topliss-reactive ketones (excluding diaryl/α,β-unsaturated/α-hetero) is 2. The van der Waals surface area contributed by atoms with E-state index in [-0.39, 0.29) is 24.8 Å². The highest BCUT2D eigenvalue weighted by atomic mass is 16.5. The van der Waals surface area contributed by atoms with Gasteiger partial charge in [-0.15, -0.1) is 0 Å². The molecule has 88 valence electrons. The van der Waals surface area contributed by atoms with Gasteiger partial charge in [0.15, 0.2) is 0 Å². The fourth-order valence-electron chi connectivity index (χ4n) is 1.04. The van der Waals surface area contributed by atoms with E-state index in [1.54, 1.807) is 0 Å². The van der Waals surface area contributed by atoms with Gasteiger partial charge in [-0.1, -0.05) is 0 Å². The van der Waals surface area contributed by atoms with E-state index in [2.05, 4.69) is 4.74 Å². The van der Waals surface area contributed by atoms with Gasteiger partial charge in [-0.2, -0.15) is 0 Å². The molecule has 0 aliphatic heterocycles. The molecule has 1 rings (SSSR count). The van der Waals surface area contributed by atoms with Crippen LogP contribution in [-0.4, -0.2) is 48.2 Å². The molecule has 0 spiro atoms. The van der Waals surface area contributed by atoms with E-state index in [0.29, 0.717) is 38.9 Å². The number of carbonyl (C=O) groups is 2. The molecular weight excluding hydrogens is 200 g/mol. The molecule has 5 heteroatoms. The summed E-state index contributed by atoms with van der Waals surface area (Å²) in [6.45, 7) is 0.696. The minimum Gasteiger partial charge on any atom is -0.394 e. The quantitative estimate of drug-likeness (QED) is 0.632. The lowest BCUT2D eigenvalue weighted by molar-refractivity contribution is -0.128. The van der Waals surface area contributed by atoms with Gasteiger partial charge in [-0.05, 0) is 0 Å². The summed E-state index contributed by atoms with van der Waals surface area (Å²) in [4.78, 5) is 20.9. The number of aliphatic hydroxyl groups excluding tert-OH is 2. The van der Waals surface area contributed by atoms with Crippen LogP contribution in [0.2, 0.25) is 0 Å². The molecule has 0 amide bonds. The normalized spacial score (nSPS) is 15.9. The molecule has 0 bridgehead atoms. The van der Waals surface area contributed by atoms with Crippen LogP contribution in [0.15, 0.2) is 0 Å². The van der Waals surface area contributed by atoms with Crippen molar-refractivity contribution in [3.63, 3.8) is 0 Å². The monoisotopic (exact) mass is 218 g/mol. The Hall–Kier alpha value is -0.780. The first-order valence-electron chi connectivity index (χ1n) is 5.03. The molecule has 1 fully saturated rings. The molecule has 0 saturated heterocycles. The van der Waals surface area contributed by atoms with Crippen LogP contribution in [0, 0.1) is 0 Å². The van der Waals surface area contributed by atoms with Crippen molar-refractivity contribution in [1.82, 2.24) is 0 Å². The number of hydrogen-bond donors (Lipinski definition) is 2. The zero-order valence-electron chi connectivity index (χ0n) is 8.78. The van der Waals surface area contributed by atoms with Crippen LogP contribution in [0.4, 0.5) is 0 Å². The Morgan fingerprint density at radius 2 is 1.20 bits per heavy atom. The van der Waals surface area contributed by atoms with Crippen LogP contribution in [-0.2, 0) is 14.3 Å². The third-order valence-corrected chi connectivity index (χ3v) is 1.84. The second-order valence-electron chi connectivity index (χ2n) is 3.14. The summed E-state index contributed by atoms with van der Waals surface area (Å²) < 4.78 is 4.63. The zero-order valence-corrected chi connectivity index (χ0v) is 8.78. The Morgan fingerprint density at radius 3 is 1.47 bits per heavy atom. The molecule has 0 radical (unpaired) electrons. The molecule has 0 aromatic heterocycles. The number of ether oxygens (including phenoxy) is 1. The highest BCUT2D eigenvalue weighted by Crippen LogP contribution is 2.08. The Bertz CT molecular complexity index is 158. The van der Waals surface area contributed by atoms with Crippen molar-refractivity contribution >= 4 is 11.6 Å². The Labute approximate surface area is 89.0 Å². The van der Waals surface area contributed by atoms with Gasteiger partial charge in [-0.3, -0.25) is 9.59 Å². The predicted molar refractivity (Wildman–Crippen MR) is 53.5 cm³/mol. The molecule has 15 heavy (non-hydrogen) atoms. The molecule has 2 N–H and O–H groups in total. The van der Waals surface area contributed by atoms with E-state index < -0.39 is 0 Å². The lowest BCUT2D eigenvalue weighted by atomic mass is 9.98. The van der Waals surface area contributed by atoms with Gasteiger partial charge in [0.05, 0.1) is 26.4 Å². The average molecular weight is 218 g/mol. The van der Waals surface area contributed by atoms with Crippen molar-refractivity contribution in [1.29, 1.82) is 0 Å². The first-order valence-corrected chi connectivity index (χ1v) is 5.03. The van der Waals surface area contributed by atoms with Crippen molar-refractivity contribution in [2.24, 2.45) is 0 Å². The average Bonchev–Trinajstić information content (AvgIpc) is 2.24. The molecule has 5 nitrogen and oxygen atoms in total. The summed E-state index contributed by atoms with van der Waals surface area (Å²) in [7, 11) is 0. The topological polar surface area (TPSA) is 83.8 Å². The smallest absolute Gasteiger partial charge is 0.133 e. The molecule has 0 heterocycles. The SMILES string of the molecule is O=C1CCC(=O)CC1.OCCOCCO. The summed E-state index contributed by atoms with van der Waals surface area (Å²) in [6.07, 6.45) is 1.94. The van der Waals surface area contributed by atoms with E-state index >= 15 is 0 Å². The Morgan fingerprint density at radius 1 is 0.867 bits per heavy atom. The second-order valence-corrected chi connectivity index (χ2v) is 3.14. The fourth-order valence-corrected chi connectivity index (χ4v) is 1.04. The maximum atomic E-state index is 10.5. The van der Waals surface area contributed by atoms with Gasteiger partial charge in [0, 0.05) is 25.7 Å². The number of carbonyl (C=O) groups excluding carboxylic acids is 2. The van der Waals surface area contributed by atoms with Crippen molar-refractivity contribution in [3.8, 4) is 0 Å². The molecule has 0 aromatic rings. The second kappa shape index (κ2) is 9.76. The number of ketones is 2. The number of rotatable bonds is 4. The van der Waals surface area contributed by atoms with Gasteiger partial charge >= 0.3 is 0 Å². The fraction of sp³-hybridized carbons (Fsp3) is 0.800. The summed E-state index contributed by atoms with van der Waals surface area (Å²) in [5, 5.41) is 16.2. The van der Waals surface area contributed by atoms with Crippen LogP contribution >= 0.6 is 0 Å². The van der Waals surface area contributed by atoms with Crippen LogP contribution in [0.5, 0.6) is 0 Å². The van der Waals surface area contributed by atoms with E-state index in [1.165, 1.54) is 0 Å².